The second-order valence-corrected chi connectivity index (χ2v) is 5.84. The van der Waals surface area contributed by atoms with Crippen LogP contribution in [0.3, 0.4) is 0 Å². The highest BCUT2D eigenvalue weighted by atomic mass is 35.5. The van der Waals surface area contributed by atoms with Crippen LogP contribution in [0.5, 0.6) is 0 Å². The average Bonchev–Trinajstić information content (AvgIpc) is 2.57. The van der Waals surface area contributed by atoms with Gasteiger partial charge in [0.2, 0.25) is 0 Å². The van der Waals surface area contributed by atoms with Crippen LogP contribution in [0.15, 0.2) is 41.2 Å². The van der Waals surface area contributed by atoms with Gasteiger partial charge in [-0.2, -0.15) is 0 Å². The molecule has 1 aromatic carbocycles. The van der Waals surface area contributed by atoms with Crippen molar-refractivity contribution in [3.8, 4) is 0 Å². The number of carbonyl (C=O) groups is 2. The molecule has 0 spiro atoms. The van der Waals surface area contributed by atoms with E-state index in [0.717, 1.165) is 0 Å². The summed E-state index contributed by atoms with van der Waals surface area (Å²) in [5.41, 5.74) is 1.86. The van der Waals surface area contributed by atoms with E-state index in [-0.39, 0.29) is 13.0 Å². The Labute approximate surface area is 150 Å². The fraction of sp³-hybridized carbons (Fsp3) is 0.294. The van der Waals surface area contributed by atoms with Crippen molar-refractivity contribution in [1.29, 1.82) is 0 Å². The number of allylic oxidation sites excluding steroid dienone is 1. The highest BCUT2D eigenvalue weighted by Gasteiger charge is 2.29. The van der Waals surface area contributed by atoms with E-state index in [1.807, 2.05) is 0 Å². The molecule has 0 radical (unpaired) electrons. The number of benzene rings is 1. The van der Waals surface area contributed by atoms with Crippen LogP contribution in [0.25, 0.3) is 0 Å². The highest BCUT2D eigenvalue weighted by Crippen LogP contribution is 2.38. The van der Waals surface area contributed by atoms with Gasteiger partial charge in [-0.15, -0.1) is 0 Å². The van der Waals surface area contributed by atoms with Crippen molar-refractivity contribution in [1.82, 2.24) is 0 Å². The molecule has 0 fully saturated rings. The number of ether oxygens (including phenoxy) is 2. The molecule has 0 bridgehead atoms. The van der Waals surface area contributed by atoms with Gasteiger partial charge in [0.25, 0.3) is 0 Å². The number of nitrogens with zero attached hydrogens (tertiary/aromatic N) is 1. The van der Waals surface area contributed by atoms with Crippen LogP contribution in [0.1, 0.15) is 20.3 Å². The minimum Gasteiger partial charge on any atom is -0.466 e. The van der Waals surface area contributed by atoms with Gasteiger partial charge in [-0.25, -0.2) is 9.59 Å². The number of halogens is 2. The third-order valence-electron chi connectivity index (χ3n) is 3.61. The summed E-state index contributed by atoms with van der Waals surface area (Å²) in [7, 11) is 1.29. The number of anilines is 1. The maximum Gasteiger partial charge on any atom is 0.335 e. The van der Waals surface area contributed by atoms with E-state index in [4.69, 9.17) is 32.7 Å². The van der Waals surface area contributed by atoms with Gasteiger partial charge in [0.1, 0.15) is 0 Å². The van der Waals surface area contributed by atoms with Crippen molar-refractivity contribution < 1.29 is 19.1 Å². The van der Waals surface area contributed by atoms with Crippen LogP contribution >= 0.6 is 23.2 Å². The van der Waals surface area contributed by atoms with E-state index in [1.54, 1.807) is 43.1 Å². The van der Waals surface area contributed by atoms with Crippen LogP contribution < -0.4 is 4.90 Å². The first-order valence-electron chi connectivity index (χ1n) is 7.29. The molecule has 0 unspecified atom stereocenters. The molecular formula is C17H17Cl2NO4. The number of methoxy groups -OCH3 is 1. The normalized spacial score (nSPS) is 14.4. The maximum atomic E-state index is 12.1. The molecule has 0 aromatic heterocycles. The molecule has 1 aliphatic rings. The van der Waals surface area contributed by atoms with E-state index in [2.05, 4.69) is 0 Å². The third kappa shape index (κ3) is 3.57. The number of hydrogen-bond acceptors (Lipinski definition) is 5. The van der Waals surface area contributed by atoms with Crippen molar-refractivity contribution in [3.05, 3.63) is 51.3 Å². The molecule has 7 heteroatoms. The molecule has 0 aliphatic carbocycles. The van der Waals surface area contributed by atoms with Crippen LogP contribution in [0.2, 0.25) is 10.0 Å². The number of carbonyl (C=O) groups excluding carboxylic acids is 2. The molecule has 2 rings (SSSR count). The van der Waals surface area contributed by atoms with Gasteiger partial charge in [-0.1, -0.05) is 29.3 Å². The Hall–Kier alpha value is -1.98. The van der Waals surface area contributed by atoms with Gasteiger partial charge < -0.3 is 14.4 Å². The van der Waals surface area contributed by atoms with Crippen molar-refractivity contribution in [2.45, 2.75) is 20.3 Å². The SMILES string of the molecule is CCOC(=O)C1=CN(c2cccc(Cl)c2Cl)C(C)=C(C(=O)OC)C1. The topological polar surface area (TPSA) is 55.8 Å². The quantitative estimate of drug-likeness (QED) is 0.747. The van der Waals surface area contributed by atoms with Crippen molar-refractivity contribution in [2.24, 2.45) is 0 Å². The summed E-state index contributed by atoms with van der Waals surface area (Å²) in [5, 5.41) is 0.697. The van der Waals surface area contributed by atoms with E-state index >= 15 is 0 Å². The Kier molecular flexibility index (Phi) is 5.91. The second-order valence-electron chi connectivity index (χ2n) is 5.05. The Morgan fingerprint density at radius 2 is 1.96 bits per heavy atom. The molecule has 0 saturated heterocycles. The Morgan fingerprint density at radius 1 is 1.25 bits per heavy atom. The summed E-state index contributed by atoms with van der Waals surface area (Å²) in [6.45, 7) is 3.71. The summed E-state index contributed by atoms with van der Waals surface area (Å²) in [5.74, 6) is -1.000. The minimum absolute atomic E-state index is 0.131. The highest BCUT2D eigenvalue weighted by molar-refractivity contribution is 6.43. The van der Waals surface area contributed by atoms with Gasteiger partial charge in [-0.3, -0.25) is 0 Å². The monoisotopic (exact) mass is 369 g/mol. The standard InChI is InChI=1S/C17H17Cl2NO4/c1-4-24-16(21)11-8-12(17(22)23-3)10(2)20(9-11)14-7-5-6-13(18)15(14)19/h5-7,9H,4,8H2,1-3H3. The molecule has 1 heterocycles. The zero-order chi connectivity index (χ0) is 17.9. The van der Waals surface area contributed by atoms with E-state index in [0.29, 0.717) is 32.6 Å². The molecule has 0 atom stereocenters. The summed E-state index contributed by atoms with van der Waals surface area (Å²) in [4.78, 5) is 25.9. The number of esters is 2. The van der Waals surface area contributed by atoms with Crippen molar-refractivity contribution in [2.75, 3.05) is 18.6 Å². The molecule has 128 valence electrons. The molecule has 0 saturated carbocycles. The molecule has 1 aliphatic heterocycles. The number of hydrogen-bond donors (Lipinski definition) is 0. The fourth-order valence-corrected chi connectivity index (χ4v) is 2.77. The van der Waals surface area contributed by atoms with Crippen LogP contribution in [-0.2, 0) is 19.1 Å². The smallest absolute Gasteiger partial charge is 0.335 e. The largest absolute Gasteiger partial charge is 0.466 e. The van der Waals surface area contributed by atoms with Gasteiger partial charge in [0, 0.05) is 18.3 Å². The predicted octanol–water partition coefficient (Wildman–Crippen LogP) is 4.10. The lowest BCUT2D eigenvalue weighted by atomic mass is 9.99. The predicted molar refractivity (Wildman–Crippen MR) is 93.0 cm³/mol. The van der Waals surface area contributed by atoms with Crippen molar-refractivity contribution in [3.63, 3.8) is 0 Å². The first-order chi connectivity index (χ1) is 11.4. The second kappa shape index (κ2) is 7.73. The van der Waals surface area contributed by atoms with Crippen LogP contribution in [0, 0.1) is 0 Å². The Morgan fingerprint density at radius 3 is 2.58 bits per heavy atom. The first-order valence-corrected chi connectivity index (χ1v) is 8.05. The van der Waals surface area contributed by atoms with Gasteiger partial charge in [0.15, 0.2) is 0 Å². The molecule has 24 heavy (non-hydrogen) atoms. The lowest BCUT2D eigenvalue weighted by molar-refractivity contribution is -0.138. The zero-order valence-electron chi connectivity index (χ0n) is 13.6. The lowest BCUT2D eigenvalue weighted by Gasteiger charge is -2.29. The van der Waals surface area contributed by atoms with Crippen molar-refractivity contribution >= 4 is 40.8 Å². The van der Waals surface area contributed by atoms with E-state index in [9.17, 15) is 9.59 Å². The lowest BCUT2D eigenvalue weighted by Crippen LogP contribution is -2.27. The summed E-state index contributed by atoms with van der Waals surface area (Å²) >= 11 is 12.4. The minimum atomic E-state index is -0.509. The van der Waals surface area contributed by atoms with Gasteiger partial charge in [-0.05, 0) is 26.0 Å². The van der Waals surface area contributed by atoms with Crippen LogP contribution in [-0.4, -0.2) is 25.7 Å². The molecular weight excluding hydrogens is 353 g/mol. The number of rotatable bonds is 4. The van der Waals surface area contributed by atoms with Gasteiger partial charge in [0.05, 0.1) is 40.6 Å². The third-order valence-corrected chi connectivity index (χ3v) is 4.42. The summed E-state index contributed by atoms with van der Waals surface area (Å²) in [6.07, 6.45) is 1.74. The molecule has 0 N–H and O–H groups in total. The summed E-state index contributed by atoms with van der Waals surface area (Å²) in [6, 6.07) is 5.14. The molecule has 1 aromatic rings. The first kappa shape index (κ1) is 18.4. The van der Waals surface area contributed by atoms with E-state index in [1.165, 1.54) is 7.11 Å². The molecule has 0 amide bonds. The fourth-order valence-electron chi connectivity index (χ4n) is 2.38. The maximum absolute atomic E-state index is 12.1. The van der Waals surface area contributed by atoms with Crippen LogP contribution in [0.4, 0.5) is 5.69 Å². The Bertz CT molecular complexity index is 740. The van der Waals surface area contributed by atoms with Gasteiger partial charge >= 0.3 is 11.9 Å². The molecule has 5 nitrogen and oxygen atoms in total. The zero-order valence-corrected chi connectivity index (χ0v) is 15.1. The Balaban J connectivity index is 2.56. The van der Waals surface area contributed by atoms with E-state index < -0.39 is 11.9 Å². The average molecular weight is 370 g/mol. The summed E-state index contributed by atoms with van der Waals surface area (Å²) < 4.78 is 9.87.